The van der Waals surface area contributed by atoms with Gasteiger partial charge < -0.3 is 41.4 Å². The molecule has 0 saturated heterocycles. The minimum absolute atomic E-state index is 0.0131. The zero-order valence-electron chi connectivity index (χ0n) is 26.4. The van der Waals surface area contributed by atoms with Crippen molar-refractivity contribution in [1.82, 2.24) is 26.6 Å². The van der Waals surface area contributed by atoms with E-state index in [-0.39, 0.29) is 49.8 Å². The molecule has 1 aromatic rings. The molecule has 0 aliphatic rings. The lowest BCUT2D eigenvalue weighted by molar-refractivity contribution is -0.131. The average Bonchev–Trinajstić information content (AvgIpc) is 2.95. The van der Waals surface area contributed by atoms with Crippen LogP contribution in [0.15, 0.2) is 24.3 Å². The van der Waals surface area contributed by atoms with Gasteiger partial charge in [0.25, 0.3) is 0 Å². The molecule has 14 nitrogen and oxygen atoms in total. The highest BCUT2D eigenvalue weighted by atomic mass is 16.6. The van der Waals surface area contributed by atoms with E-state index in [0.717, 1.165) is 0 Å². The number of hydrogen-bond acceptors (Lipinski definition) is 8. The number of carbonyl (C=O) groups excluding carboxylic acids is 7. The molecule has 44 heavy (non-hydrogen) atoms. The van der Waals surface area contributed by atoms with Gasteiger partial charge in [-0.2, -0.15) is 0 Å². The standard InChI is InChI=1S/C30H46N6O8/c1-19(37)9-7-8-10-25(39)34-21-13-11-20(12-14-21)17-23(27(41)33-18-26(40)32-6)35-28(42)22(15-16-24(38)31-5)36-29(43)44-30(2,3)4/h11-14,22-23H,7-10,15-18H2,1-6H3,(H,31,38)(H,32,40)(H,33,41)(H,34,39)(H,35,42)(H,36,43)/t22-,23+/m0/s1. The first-order valence-corrected chi connectivity index (χ1v) is 14.5. The van der Waals surface area contributed by atoms with E-state index in [1.54, 1.807) is 45.0 Å². The Morgan fingerprint density at radius 1 is 0.750 bits per heavy atom. The summed E-state index contributed by atoms with van der Waals surface area (Å²) in [6.07, 6.45) is 0.919. The van der Waals surface area contributed by atoms with Crippen LogP contribution in [-0.2, 0) is 39.9 Å². The fourth-order valence-corrected chi connectivity index (χ4v) is 3.82. The van der Waals surface area contributed by atoms with Crippen LogP contribution < -0.4 is 31.9 Å². The smallest absolute Gasteiger partial charge is 0.408 e. The van der Waals surface area contributed by atoms with Gasteiger partial charge in [-0.1, -0.05) is 12.1 Å². The van der Waals surface area contributed by atoms with E-state index in [9.17, 15) is 33.6 Å². The van der Waals surface area contributed by atoms with E-state index >= 15 is 0 Å². The second-order valence-electron chi connectivity index (χ2n) is 11.2. The molecule has 0 unspecified atom stereocenters. The molecule has 1 rings (SSSR count). The van der Waals surface area contributed by atoms with Crippen molar-refractivity contribution in [3.8, 4) is 0 Å². The number of alkyl carbamates (subject to hydrolysis) is 1. The van der Waals surface area contributed by atoms with E-state index in [4.69, 9.17) is 4.74 Å². The molecule has 0 fully saturated rings. The molecule has 6 N–H and O–H groups in total. The fraction of sp³-hybridized carbons (Fsp3) is 0.567. The van der Waals surface area contributed by atoms with Crippen molar-refractivity contribution in [1.29, 1.82) is 0 Å². The van der Waals surface area contributed by atoms with Gasteiger partial charge in [0.15, 0.2) is 0 Å². The molecule has 0 heterocycles. The zero-order valence-corrected chi connectivity index (χ0v) is 26.4. The molecular weight excluding hydrogens is 572 g/mol. The highest BCUT2D eigenvalue weighted by Crippen LogP contribution is 2.14. The zero-order chi connectivity index (χ0) is 33.3. The maximum Gasteiger partial charge on any atom is 0.408 e. The number of unbranched alkanes of at least 4 members (excludes halogenated alkanes) is 1. The third kappa shape index (κ3) is 16.2. The van der Waals surface area contributed by atoms with Crippen molar-refractivity contribution in [2.45, 2.75) is 90.3 Å². The summed E-state index contributed by atoms with van der Waals surface area (Å²) in [6.45, 7) is 6.16. The summed E-state index contributed by atoms with van der Waals surface area (Å²) >= 11 is 0. The summed E-state index contributed by atoms with van der Waals surface area (Å²) in [5.41, 5.74) is 0.327. The van der Waals surface area contributed by atoms with Crippen molar-refractivity contribution >= 4 is 47.1 Å². The van der Waals surface area contributed by atoms with Crippen LogP contribution in [0, 0.1) is 0 Å². The third-order valence-corrected chi connectivity index (χ3v) is 6.14. The van der Waals surface area contributed by atoms with Crippen LogP contribution in [-0.4, -0.2) is 79.7 Å². The third-order valence-electron chi connectivity index (χ3n) is 6.14. The predicted octanol–water partition coefficient (Wildman–Crippen LogP) is 1.08. The predicted molar refractivity (Wildman–Crippen MR) is 163 cm³/mol. The summed E-state index contributed by atoms with van der Waals surface area (Å²) in [4.78, 5) is 85.7. The molecule has 0 saturated carbocycles. The Bertz CT molecular complexity index is 1160. The van der Waals surface area contributed by atoms with Gasteiger partial charge in [0.05, 0.1) is 6.54 Å². The Balaban J connectivity index is 3.04. The minimum Gasteiger partial charge on any atom is -0.444 e. The van der Waals surface area contributed by atoms with Gasteiger partial charge in [-0.25, -0.2) is 4.79 Å². The Morgan fingerprint density at radius 3 is 1.93 bits per heavy atom. The molecule has 244 valence electrons. The van der Waals surface area contributed by atoms with Crippen molar-refractivity contribution in [3.05, 3.63) is 29.8 Å². The summed E-state index contributed by atoms with van der Waals surface area (Å²) in [5, 5.41) is 15.2. The van der Waals surface area contributed by atoms with Gasteiger partial charge in [0.2, 0.25) is 29.5 Å². The molecule has 1 aromatic carbocycles. The quantitative estimate of drug-likeness (QED) is 0.139. The van der Waals surface area contributed by atoms with Crippen LogP contribution in [0.1, 0.15) is 71.8 Å². The molecule has 0 aliphatic heterocycles. The van der Waals surface area contributed by atoms with Crippen molar-refractivity contribution in [2.75, 3.05) is 26.0 Å². The highest BCUT2D eigenvalue weighted by molar-refractivity contribution is 5.93. The molecule has 0 aromatic heterocycles. The number of amides is 6. The molecule has 14 heteroatoms. The second-order valence-corrected chi connectivity index (χ2v) is 11.2. The molecule has 6 amide bonds. The lowest BCUT2D eigenvalue weighted by Crippen LogP contribution is -2.55. The van der Waals surface area contributed by atoms with Crippen LogP contribution >= 0.6 is 0 Å². The SMILES string of the molecule is CNC(=O)CC[C@H](NC(=O)OC(C)(C)C)C(=O)N[C@H](Cc1ccc(NC(=O)CCCCC(C)=O)cc1)C(=O)NCC(=O)NC. The number of nitrogens with one attached hydrogen (secondary N) is 6. The van der Waals surface area contributed by atoms with E-state index < -0.39 is 41.5 Å². The van der Waals surface area contributed by atoms with Gasteiger partial charge in [-0.05, 0) is 64.7 Å². The van der Waals surface area contributed by atoms with Gasteiger partial charge in [0, 0.05) is 45.5 Å². The van der Waals surface area contributed by atoms with Crippen molar-refractivity contribution in [2.24, 2.45) is 0 Å². The van der Waals surface area contributed by atoms with Gasteiger partial charge in [-0.15, -0.1) is 0 Å². The number of rotatable bonds is 17. The lowest BCUT2D eigenvalue weighted by atomic mass is 10.0. The number of anilines is 1. The topological polar surface area (TPSA) is 201 Å². The maximum atomic E-state index is 13.3. The summed E-state index contributed by atoms with van der Waals surface area (Å²) in [7, 11) is 2.86. The molecule has 2 atom stereocenters. The highest BCUT2D eigenvalue weighted by Gasteiger charge is 2.29. The van der Waals surface area contributed by atoms with Gasteiger partial charge >= 0.3 is 6.09 Å². The Morgan fingerprint density at radius 2 is 1.36 bits per heavy atom. The van der Waals surface area contributed by atoms with Crippen molar-refractivity contribution < 1.29 is 38.3 Å². The number of ether oxygens (including phenoxy) is 1. The van der Waals surface area contributed by atoms with Gasteiger partial charge in [-0.3, -0.25) is 24.0 Å². The van der Waals surface area contributed by atoms with Crippen LogP contribution in [0.2, 0.25) is 0 Å². The number of Topliss-reactive ketones (excluding diaryl/α,β-unsaturated/α-hetero) is 1. The molecule has 0 aliphatic carbocycles. The number of hydrogen-bond donors (Lipinski definition) is 6. The summed E-state index contributed by atoms with van der Waals surface area (Å²) in [5.74, 6) is -2.28. The van der Waals surface area contributed by atoms with E-state index in [1.807, 2.05) is 0 Å². The first-order valence-electron chi connectivity index (χ1n) is 14.5. The Labute approximate surface area is 258 Å². The summed E-state index contributed by atoms with van der Waals surface area (Å²) < 4.78 is 5.25. The minimum atomic E-state index is -1.20. The normalized spacial score (nSPS) is 12.1. The average molecular weight is 619 g/mol. The Hall–Kier alpha value is -4.49. The molecular formula is C30H46N6O8. The second kappa shape index (κ2) is 18.9. The fourth-order valence-electron chi connectivity index (χ4n) is 3.82. The number of carbonyl (C=O) groups is 7. The largest absolute Gasteiger partial charge is 0.444 e. The monoisotopic (exact) mass is 618 g/mol. The first-order chi connectivity index (χ1) is 20.6. The Kier molecular flexibility index (Phi) is 16.1. The number of benzene rings is 1. The van der Waals surface area contributed by atoms with E-state index in [1.165, 1.54) is 21.0 Å². The number of likely N-dealkylation sites (N-methyl/N-ethyl adjacent to an activating group) is 1. The molecule has 0 spiro atoms. The van der Waals surface area contributed by atoms with E-state index in [2.05, 4.69) is 31.9 Å². The molecule has 0 radical (unpaired) electrons. The van der Waals surface area contributed by atoms with Crippen LogP contribution in [0.5, 0.6) is 0 Å². The number of ketones is 1. The van der Waals surface area contributed by atoms with E-state index in [0.29, 0.717) is 30.5 Å². The van der Waals surface area contributed by atoms with Crippen LogP contribution in [0.3, 0.4) is 0 Å². The van der Waals surface area contributed by atoms with Crippen molar-refractivity contribution in [3.63, 3.8) is 0 Å². The lowest BCUT2D eigenvalue weighted by Gasteiger charge is -2.25. The first kappa shape index (κ1) is 37.5. The van der Waals surface area contributed by atoms with Crippen LogP contribution in [0.4, 0.5) is 10.5 Å². The molecule has 0 bridgehead atoms. The summed E-state index contributed by atoms with van der Waals surface area (Å²) in [6, 6.07) is 4.30. The van der Waals surface area contributed by atoms with Crippen LogP contribution in [0.25, 0.3) is 0 Å². The maximum absolute atomic E-state index is 13.3. The van der Waals surface area contributed by atoms with Gasteiger partial charge in [0.1, 0.15) is 23.5 Å².